The molecule has 0 aromatic rings. The molecular formula is C21H31N3O3S. The van der Waals surface area contributed by atoms with Crippen molar-refractivity contribution in [2.45, 2.75) is 52.9 Å². The molecule has 4 aliphatic rings. The predicted molar refractivity (Wildman–Crippen MR) is 111 cm³/mol. The highest BCUT2D eigenvalue weighted by atomic mass is 32.2. The van der Waals surface area contributed by atoms with Crippen LogP contribution in [0.25, 0.3) is 0 Å². The van der Waals surface area contributed by atoms with Crippen LogP contribution >= 0.6 is 0 Å². The van der Waals surface area contributed by atoms with Crippen molar-refractivity contribution in [1.82, 2.24) is 4.83 Å². The SMILES string of the molecule is C[C@H]1C=C[C@H]2[C@@H]3CCC4=CC(=NNS(C)(=O)=O)C(=NO)C[C@]4(C)[C@H]3CC[C@]12C. The fourth-order valence-electron chi connectivity index (χ4n) is 6.49. The van der Waals surface area contributed by atoms with Crippen LogP contribution in [0.2, 0.25) is 0 Å². The van der Waals surface area contributed by atoms with Gasteiger partial charge < -0.3 is 5.21 Å². The minimum atomic E-state index is -3.45. The topological polar surface area (TPSA) is 91.1 Å². The first-order valence-corrected chi connectivity index (χ1v) is 12.1. The molecule has 0 amide bonds. The van der Waals surface area contributed by atoms with E-state index in [1.807, 2.05) is 6.08 Å². The van der Waals surface area contributed by atoms with Crippen molar-refractivity contribution in [2.75, 3.05) is 6.26 Å². The van der Waals surface area contributed by atoms with E-state index in [4.69, 9.17) is 0 Å². The van der Waals surface area contributed by atoms with Crippen LogP contribution in [0.1, 0.15) is 52.9 Å². The van der Waals surface area contributed by atoms with Gasteiger partial charge in [-0.1, -0.05) is 43.7 Å². The van der Waals surface area contributed by atoms with Gasteiger partial charge in [-0.3, -0.25) is 0 Å². The molecule has 0 radical (unpaired) electrons. The van der Waals surface area contributed by atoms with Gasteiger partial charge in [0, 0.05) is 6.42 Å². The molecule has 0 saturated heterocycles. The van der Waals surface area contributed by atoms with Crippen molar-refractivity contribution in [3.63, 3.8) is 0 Å². The van der Waals surface area contributed by atoms with Crippen LogP contribution in [0.15, 0.2) is 34.1 Å². The molecule has 28 heavy (non-hydrogen) atoms. The summed E-state index contributed by atoms with van der Waals surface area (Å²) in [5.41, 5.74) is 2.51. The second kappa shape index (κ2) is 6.44. The summed E-state index contributed by atoms with van der Waals surface area (Å²) in [7, 11) is -3.45. The molecule has 0 aromatic carbocycles. The molecule has 4 aliphatic carbocycles. The highest BCUT2D eigenvalue weighted by molar-refractivity contribution is 7.88. The lowest BCUT2D eigenvalue weighted by Crippen LogP contribution is -2.51. The maximum Gasteiger partial charge on any atom is 0.244 e. The van der Waals surface area contributed by atoms with Crippen LogP contribution in [0.5, 0.6) is 0 Å². The number of fused-ring (bicyclic) bond motifs is 5. The Labute approximate surface area is 167 Å². The summed E-state index contributed by atoms with van der Waals surface area (Å²) in [6, 6.07) is 0. The maximum absolute atomic E-state index is 11.4. The van der Waals surface area contributed by atoms with Crippen LogP contribution in [-0.4, -0.2) is 31.3 Å². The zero-order chi connectivity index (χ0) is 20.3. The fourth-order valence-corrected chi connectivity index (χ4v) is 6.75. The van der Waals surface area contributed by atoms with Gasteiger partial charge in [0.25, 0.3) is 0 Å². The van der Waals surface area contributed by atoms with E-state index in [9.17, 15) is 13.6 Å². The molecule has 2 saturated carbocycles. The molecule has 0 bridgehead atoms. The molecule has 2 fully saturated rings. The first-order chi connectivity index (χ1) is 13.1. The summed E-state index contributed by atoms with van der Waals surface area (Å²) in [6.07, 6.45) is 13.0. The first-order valence-electron chi connectivity index (χ1n) is 10.2. The standard InChI is InChI=1S/C21H31N3O3S/c1-13-5-8-16-15-7-6-14-11-18(22-24-28(4,26)27)19(23-25)12-21(14,3)17(15)9-10-20(13,16)2/h5,8,11,13,15-17,24-25H,6-7,9-10,12H2,1-4H3/t13-,15-,16-,17-,20+,21-/m0/s1. The third-order valence-electron chi connectivity index (χ3n) is 8.27. The van der Waals surface area contributed by atoms with Crippen molar-refractivity contribution < 1.29 is 13.6 Å². The Balaban J connectivity index is 1.69. The number of hydrogen-bond donors (Lipinski definition) is 2. The summed E-state index contributed by atoms with van der Waals surface area (Å²) in [6.45, 7) is 7.10. The zero-order valence-corrected chi connectivity index (χ0v) is 18.0. The Morgan fingerprint density at radius 2 is 2.00 bits per heavy atom. The van der Waals surface area contributed by atoms with Gasteiger partial charge in [-0.15, -0.1) is 0 Å². The van der Waals surface area contributed by atoms with Crippen molar-refractivity contribution in [3.05, 3.63) is 23.8 Å². The normalized spacial score (nSPS) is 45.4. The van der Waals surface area contributed by atoms with Crippen molar-refractivity contribution >= 4 is 21.4 Å². The van der Waals surface area contributed by atoms with Gasteiger partial charge in [-0.2, -0.15) is 5.10 Å². The van der Waals surface area contributed by atoms with Crippen molar-refractivity contribution in [1.29, 1.82) is 0 Å². The number of rotatable bonds is 2. The maximum atomic E-state index is 11.4. The summed E-state index contributed by atoms with van der Waals surface area (Å²) >= 11 is 0. The number of hydrogen-bond acceptors (Lipinski definition) is 5. The second-order valence-electron chi connectivity index (χ2n) is 9.72. The average molecular weight is 406 g/mol. The average Bonchev–Trinajstić information content (AvgIpc) is 2.93. The largest absolute Gasteiger partial charge is 0.411 e. The van der Waals surface area contributed by atoms with Gasteiger partial charge in [0.05, 0.1) is 6.26 Å². The lowest BCUT2D eigenvalue weighted by Gasteiger charge is -2.58. The number of allylic oxidation sites excluding steroid dienone is 4. The third-order valence-corrected chi connectivity index (χ3v) is 8.70. The van der Waals surface area contributed by atoms with E-state index in [0.29, 0.717) is 46.9 Å². The number of oxime groups is 1. The molecule has 0 unspecified atom stereocenters. The van der Waals surface area contributed by atoms with Gasteiger partial charge in [0.2, 0.25) is 10.0 Å². The minimum Gasteiger partial charge on any atom is -0.411 e. The van der Waals surface area contributed by atoms with Crippen LogP contribution in [-0.2, 0) is 10.0 Å². The lowest BCUT2D eigenvalue weighted by atomic mass is 9.46. The van der Waals surface area contributed by atoms with E-state index in [-0.39, 0.29) is 5.41 Å². The van der Waals surface area contributed by atoms with E-state index < -0.39 is 10.0 Å². The first kappa shape index (κ1) is 19.7. The summed E-state index contributed by atoms with van der Waals surface area (Å²) in [5.74, 6) is 2.44. The van der Waals surface area contributed by atoms with E-state index in [1.54, 1.807) is 0 Å². The molecule has 154 valence electrons. The van der Waals surface area contributed by atoms with Gasteiger partial charge >= 0.3 is 0 Å². The van der Waals surface area contributed by atoms with Gasteiger partial charge in [0.15, 0.2) is 0 Å². The third kappa shape index (κ3) is 2.93. The lowest BCUT2D eigenvalue weighted by molar-refractivity contribution is -0.0309. The van der Waals surface area contributed by atoms with Crippen LogP contribution in [0, 0.1) is 34.5 Å². The number of nitrogens with zero attached hydrogens (tertiary/aromatic N) is 2. The monoisotopic (exact) mass is 405 g/mol. The number of sulfonamides is 1. The fraction of sp³-hybridized carbons (Fsp3) is 0.714. The van der Waals surface area contributed by atoms with E-state index >= 15 is 0 Å². The van der Waals surface area contributed by atoms with Crippen LogP contribution in [0.3, 0.4) is 0 Å². The Kier molecular flexibility index (Phi) is 4.53. The Bertz CT molecular complexity index is 904. The molecule has 4 rings (SSSR count). The van der Waals surface area contributed by atoms with Gasteiger partial charge in [-0.25, -0.2) is 13.2 Å². The van der Waals surface area contributed by atoms with Crippen LogP contribution < -0.4 is 4.83 Å². The van der Waals surface area contributed by atoms with Gasteiger partial charge in [-0.05, 0) is 66.3 Å². The van der Waals surface area contributed by atoms with E-state index in [2.05, 4.69) is 48.0 Å². The molecule has 0 heterocycles. The number of nitrogens with one attached hydrogen (secondary N) is 1. The van der Waals surface area contributed by atoms with Crippen molar-refractivity contribution in [2.24, 2.45) is 44.8 Å². The minimum absolute atomic E-state index is 0.0599. The molecule has 0 spiro atoms. The molecule has 0 aliphatic heterocycles. The smallest absolute Gasteiger partial charge is 0.244 e. The van der Waals surface area contributed by atoms with E-state index in [0.717, 1.165) is 19.1 Å². The molecule has 2 N–H and O–H groups in total. The number of hydrazone groups is 1. The molecular weight excluding hydrogens is 374 g/mol. The Hall–Kier alpha value is -1.63. The summed E-state index contributed by atoms with van der Waals surface area (Å²) in [4.78, 5) is 2.17. The molecule has 6 atom stereocenters. The highest BCUT2D eigenvalue weighted by Crippen LogP contribution is 2.64. The predicted octanol–water partition coefficient (Wildman–Crippen LogP) is 3.71. The zero-order valence-electron chi connectivity index (χ0n) is 17.1. The molecule has 7 heteroatoms. The second-order valence-corrected chi connectivity index (χ2v) is 11.5. The van der Waals surface area contributed by atoms with Crippen LogP contribution in [0.4, 0.5) is 0 Å². The van der Waals surface area contributed by atoms with Gasteiger partial charge in [0.1, 0.15) is 11.4 Å². The Morgan fingerprint density at radius 3 is 2.68 bits per heavy atom. The molecule has 0 aromatic heterocycles. The van der Waals surface area contributed by atoms with E-state index in [1.165, 1.54) is 18.4 Å². The van der Waals surface area contributed by atoms with Crippen molar-refractivity contribution in [3.8, 4) is 0 Å². The molecule has 6 nitrogen and oxygen atoms in total. The summed E-state index contributed by atoms with van der Waals surface area (Å²) < 4.78 is 22.8. The highest BCUT2D eigenvalue weighted by Gasteiger charge is 2.57. The quantitative estimate of drug-likeness (QED) is 0.417. The Morgan fingerprint density at radius 1 is 1.25 bits per heavy atom. The summed E-state index contributed by atoms with van der Waals surface area (Å²) in [5, 5.41) is 17.1.